The maximum absolute atomic E-state index is 5.91. The van der Waals surface area contributed by atoms with Crippen molar-refractivity contribution in [2.45, 2.75) is 59.4 Å². The van der Waals surface area contributed by atoms with Crippen LogP contribution >= 0.6 is 0 Å². The lowest BCUT2D eigenvalue weighted by molar-refractivity contribution is 0.257. The van der Waals surface area contributed by atoms with Gasteiger partial charge in [0, 0.05) is 11.6 Å². The summed E-state index contributed by atoms with van der Waals surface area (Å²) in [5.74, 6) is 1.79. The molecule has 1 atom stereocenters. The van der Waals surface area contributed by atoms with Crippen LogP contribution in [0, 0.1) is 5.92 Å². The Hall–Kier alpha value is -2.55. The SMILES string of the molecule is CC(C)C(/C=C1/[N-][C@@H](c2ccccc2)CO1)=Nc1c(C(C)C)cccc1C(C)C. The molecule has 2 aromatic carbocycles. The Morgan fingerprint density at radius 1 is 0.931 bits per heavy atom. The minimum Gasteiger partial charge on any atom is -0.645 e. The van der Waals surface area contributed by atoms with Gasteiger partial charge in [0.15, 0.2) is 0 Å². The number of allylic oxidation sites excluding steroid dienone is 1. The standard InChI is InChI=1S/C26H33N2O/c1-17(2)21-13-10-14-22(18(3)4)26(21)28-23(19(5)6)15-25-27-24(16-29-25)20-11-8-7-9-12-20/h7-15,17-19,24H,16H2,1-6H3/q-1/b25-15-,28-23?/t24-/m1/s1. The first-order chi connectivity index (χ1) is 13.9. The van der Waals surface area contributed by atoms with E-state index in [1.165, 1.54) is 16.7 Å². The molecule has 0 bridgehead atoms. The maximum atomic E-state index is 5.91. The van der Waals surface area contributed by atoms with Crippen molar-refractivity contribution in [1.82, 2.24) is 0 Å². The van der Waals surface area contributed by atoms with Crippen molar-refractivity contribution < 1.29 is 4.74 Å². The number of nitrogens with zero attached hydrogens (tertiary/aromatic N) is 2. The molecule has 0 unspecified atom stereocenters. The molecular formula is C26H33N2O-. The summed E-state index contributed by atoms with van der Waals surface area (Å²) in [5.41, 5.74) is 5.88. The predicted molar refractivity (Wildman–Crippen MR) is 123 cm³/mol. The molecule has 29 heavy (non-hydrogen) atoms. The van der Waals surface area contributed by atoms with Crippen molar-refractivity contribution in [3.05, 3.63) is 82.5 Å². The fourth-order valence-corrected chi connectivity index (χ4v) is 3.54. The molecule has 154 valence electrons. The molecule has 1 aliphatic heterocycles. The van der Waals surface area contributed by atoms with Crippen molar-refractivity contribution in [2.24, 2.45) is 10.9 Å². The molecule has 3 rings (SSSR count). The van der Waals surface area contributed by atoms with Crippen LogP contribution in [0.5, 0.6) is 0 Å². The molecule has 0 amide bonds. The highest BCUT2D eigenvalue weighted by Crippen LogP contribution is 2.37. The van der Waals surface area contributed by atoms with Gasteiger partial charge in [-0.05, 0) is 35.0 Å². The van der Waals surface area contributed by atoms with Gasteiger partial charge in [-0.1, -0.05) is 102 Å². The largest absolute Gasteiger partial charge is 0.645 e. The third-order valence-electron chi connectivity index (χ3n) is 5.30. The van der Waals surface area contributed by atoms with Crippen LogP contribution < -0.4 is 0 Å². The lowest BCUT2D eigenvalue weighted by Crippen LogP contribution is -2.06. The van der Waals surface area contributed by atoms with E-state index in [9.17, 15) is 0 Å². The fraction of sp³-hybridized carbons (Fsp3) is 0.423. The van der Waals surface area contributed by atoms with Gasteiger partial charge in [0.25, 0.3) is 0 Å². The van der Waals surface area contributed by atoms with E-state index in [2.05, 4.69) is 71.9 Å². The second kappa shape index (κ2) is 9.30. The van der Waals surface area contributed by atoms with E-state index in [0.717, 1.165) is 11.4 Å². The Morgan fingerprint density at radius 2 is 1.55 bits per heavy atom. The molecule has 3 heteroatoms. The number of rotatable bonds is 6. The first kappa shape index (κ1) is 21.2. The third-order valence-corrected chi connectivity index (χ3v) is 5.30. The highest BCUT2D eigenvalue weighted by Gasteiger charge is 2.16. The van der Waals surface area contributed by atoms with Crippen molar-refractivity contribution in [1.29, 1.82) is 0 Å². The molecule has 1 fully saturated rings. The Morgan fingerprint density at radius 3 is 2.10 bits per heavy atom. The van der Waals surface area contributed by atoms with Crippen LogP contribution in [0.1, 0.15) is 76.1 Å². The van der Waals surface area contributed by atoms with Gasteiger partial charge in [-0.2, -0.15) is 0 Å². The molecule has 0 aromatic heterocycles. The van der Waals surface area contributed by atoms with E-state index in [1.54, 1.807) is 0 Å². The number of benzene rings is 2. The summed E-state index contributed by atoms with van der Waals surface area (Å²) in [7, 11) is 0. The third kappa shape index (κ3) is 5.09. The number of hydrogen-bond acceptors (Lipinski definition) is 2. The number of aliphatic imine (C=N–C) groups is 1. The van der Waals surface area contributed by atoms with E-state index in [-0.39, 0.29) is 12.0 Å². The molecule has 0 radical (unpaired) electrons. The van der Waals surface area contributed by atoms with E-state index in [4.69, 9.17) is 15.0 Å². The van der Waals surface area contributed by atoms with Gasteiger partial charge in [-0.25, -0.2) is 0 Å². The zero-order valence-corrected chi connectivity index (χ0v) is 18.5. The van der Waals surface area contributed by atoms with Gasteiger partial charge < -0.3 is 10.1 Å². The van der Waals surface area contributed by atoms with Crippen molar-refractivity contribution in [3.8, 4) is 0 Å². The van der Waals surface area contributed by atoms with E-state index < -0.39 is 0 Å². The summed E-state index contributed by atoms with van der Waals surface area (Å²) in [6.45, 7) is 13.8. The Balaban J connectivity index is 1.95. The molecular weight excluding hydrogens is 356 g/mol. The summed E-state index contributed by atoms with van der Waals surface area (Å²) in [6.07, 6.45) is 2.02. The monoisotopic (exact) mass is 389 g/mol. The quantitative estimate of drug-likeness (QED) is 0.467. The molecule has 0 aliphatic carbocycles. The van der Waals surface area contributed by atoms with Gasteiger partial charge in [-0.3, -0.25) is 4.99 Å². The molecule has 1 aliphatic rings. The van der Waals surface area contributed by atoms with E-state index in [1.807, 2.05) is 24.3 Å². The zero-order chi connectivity index (χ0) is 21.0. The van der Waals surface area contributed by atoms with Crippen LogP contribution in [0.25, 0.3) is 5.32 Å². The molecule has 0 N–H and O–H groups in total. The Bertz CT molecular complexity index is 853. The summed E-state index contributed by atoms with van der Waals surface area (Å²) >= 11 is 0. The van der Waals surface area contributed by atoms with Gasteiger partial charge >= 0.3 is 0 Å². The van der Waals surface area contributed by atoms with Crippen LogP contribution in [0.15, 0.2) is 65.5 Å². The molecule has 0 spiro atoms. The van der Waals surface area contributed by atoms with Crippen molar-refractivity contribution >= 4 is 11.4 Å². The van der Waals surface area contributed by atoms with Crippen LogP contribution in [-0.4, -0.2) is 12.3 Å². The zero-order valence-electron chi connectivity index (χ0n) is 18.5. The van der Waals surface area contributed by atoms with Gasteiger partial charge in [-0.15, -0.1) is 0 Å². The van der Waals surface area contributed by atoms with Crippen LogP contribution in [0.4, 0.5) is 5.69 Å². The average Bonchev–Trinajstić information content (AvgIpc) is 3.16. The molecule has 1 saturated heterocycles. The summed E-state index contributed by atoms with van der Waals surface area (Å²) in [5, 5.41) is 4.80. The summed E-state index contributed by atoms with van der Waals surface area (Å²) < 4.78 is 5.91. The summed E-state index contributed by atoms with van der Waals surface area (Å²) in [6, 6.07) is 16.9. The molecule has 1 heterocycles. The smallest absolute Gasteiger partial charge is 0.0763 e. The highest BCUT2D eigenvalue weighted by atomic mass is 16.5. The first-order valence-electron chi connectivity index (χ1n) is 10.7. The van der Waals surface area contributed by atoms with Gasteiger partial charge in [0.2, 0.25) is 0 Å². The molecule has 0 saturated carbocycles. The van der Waals surface area contributed by atoms with Crippen LogP contribution in [0.3, 0.4) is 0 Å². The Labute approximate surface area is 175 Å². The van der Waals surface area contributed by atoms with Gasteiger partial charge in [0.05, 0.1) is 12.3 Å². The highest BCUT2D eigenvalue weighted by molar-refractivity contribution is 5.99. The lowest BCUT2D eigenvalue weighted by atomic mass is 9.92. The van der Waals surface area contributed by atoms with Gasteiger partial charge in [0.1, 0.15) is 0 Å². The molecule has 2 aromatic rings. The minimum absolute atomic E-state index is 0.0602. The van der Waals surface area contributed by atoms with Crippen molar-refractivity contribution in [3.63, 3.8) is 0 Å². The van der Waals surface area contributed by atoms with Crippen LogP contribution in [0.2, 0.25) is 0 Å². The van der Waals surface area contributed by atoms with E-state index >= 15 is 0 Å². The Kier molecular flexibility index (Phi) is 6.79. The normalized spacial score (nSPS) is 18.6. The number of hydrogen-bond donors (Lipinski definition) is 0. The molecule has 3 nitrogen and oxygen atoms in total. The predicted octanol–water partition coefficient (Wildman–Crippen LogP) is 7.65. The lowest BCUT2D eigenvalue weighted by Gasteiger charge is -2.22. The topological polar surface area (TPSA) is 35.7 Å². The van der Waals surface area contributed by atoms with Crippen molar-refractivity contribution in [2.75, 3.05) is 6.61 Å². The van der Waals surface area contributed by atoms with E-state index in [0.29, 0.717) is 24.3 Å². The first-order valence-corrected chi connectivity index (χ1v) is 10.7. The average molecular weight is 390 g/mol. The minimum atomic E-state index is 0.0602. The second-order valence-corrected chi connectivity index (χ2v) is 8.64. The number of para-hydroxylation sites is 1. The fourth-order valence-electron chi connectivity index (χ4n) is 3.54. The number of ether oxygens (including phenoxy) is 1. The summed E-state index contributed by atoms with van der Waals surface area (Å²) in [4.78, 5) is 5.16. The second-order valence-electron chi connectivity index (χ2n) is 8.64. The maximum Gasteiger partial charge on any atom is 0.0763 e. The van der Waals surface area contributed by atoms with Crippen LogP contribution in [-0.2, 0) is 4.74 Å².